The average molecular weight is 342 g/mol. The number of hydrogen-bond donors (Lipinski definition) is 0. The van der Waals surface area contributed by atoms with Gasteiger partial charge in [-0.1, -0.05) is 11.6 Å². The van der Waals surface area contributed by atoms with Gasteiger partial charge in [-0.15, -0.1) is 0 Å². The fraction of sp³-hybridized carbons (Fsp3) is 0.222. The Morgan fingerprint density at radius 3 is 2.79 bits per heavy atom. The van der Waals surface area contributed by atoms with E-state index < -0.39 is 0 Å². The van der Waals surface area contributed by atoms with Crippen molar-refractivity contribution in [2.45, 2.75) is 20.0 Å². The SMILES string of the molecule is CC(=O)Cn1ccc2cc(N3CCn4ccc(Cl)c4C3=O)ccc21. The number of Topliss-reactive ketones (excluding diaryl/α,β-unsaturated/α-hetero) is 1. The molecule has 1 aliphatic rings. The van der Waals surface area contributed by atoms with Crippen molar-refractivity contribution < 1.29 is 9.59 Å². The van der Waals surface area contributed by atoms with Crippen molar-refractivity contribution in [2.75, 3.05) is 11.4 Å². The molecule has 1 amide bonds. The maximum Gasteiger partial charge on any atom is 0.276 e. The maximum atomic E-state index is 12.8. The van der Waals surface area contributed by atoms with Gasteiger partial charge in [-0.25, -0.2) is 0 Å². The average Bonchev–Trinajstić information content (AvgIpc) is 3.11. The zero-order valence-electron chi connectivity index (χ0n) is 13.2. The molecular weight excluding hydrogens is 326 g/mol. The molecule has 4 rings (SSSR count). The first-order valence-corrected chi connectivity index (χ1v) is 8.17. The smallest absolute Gasteiger partial charge is 0.276 e. The number of ketones is 1. The van der Waals surface area contributed by atoms with E-state index in [1.165, 1.54) is 0 Å². The summed E-state index contributed by atoms with van der Waals surface area (Å²) in [5, 5.41) is 1.49. The third kappa shape index (κ3) is 2.32. The van der Waals surface area contributed by atoms with Gasteiger partial charge in [0.15, 0.2) is 0 Å². The highest BCUT2D eigenvalue weighted by Crippen LogP contribution is 2.29. The molecule has 2 aromatic heterocycles. The second kappa shape index (κ2) is 5.53. The van der Waals surface area contributed by atoms with E-state index in [0.29, 0.717) is 23.8 Å². The second-order valence-corrected chi connectivity index (χ2v) is 6.46. The van der Waals surface area contributed by atoms with Crippen LogP contribution in [0, 0.1) is 0 Å². The molecule has 0 N–H and O–H groups in total. The van der Waals surface area contributed by atoms with Crippen molar-refractivity contribution in [3.05, 3.63) is 53.4 Å². The Morgan fingerprint density at radius 2 is 2.00 bits per heavy atom. The molecule has 0 fully saturated rings. The third-order valence-corrected chi connectivity index (χ3v) is 4.69. The molecule has 0 aliphatic carbocycles. The molecule has 0 saturated heterocycles. The van der Waals surface area contributed by atoms with Crippen LogP contribution in [0.5, 0.6) is 0 Å². The lowest BCUT2D eigenvalue weighted by atomic mass is 10.2. The number of benzene rings is 1. The third-order valence-electron chi connectivity index (χ3n) is 4.39. The summed E-state index contributed by atoms with van der Waals surface area (Å²) in [5.41, 5.74) is 2.37. The highest BCUT2D eigenvalue weighted by atomic mass is 35.5. The second-order valence-electron chi connectivity index (χ2n) is 6.05. The number of rotatable bonds is 3. The molecule has 122 valence electrons. The highest BCUT2D eigenvalue weighted by Gasteiger charge is 2.28. The fourth-order valence-electron chi connectivity index (χ4n) is 3.27. The Kier molecular flexibility index (Phi) is 3.46. The van der Waals surface area contributed by atoms with Gasteiger partial charge in [0, 0.05) is 42.1 Å². The van der Waals surface area contributed by atoms with Gasteiger partial charge in [0.25, 0.3) is 5.91 Å². The van der Waals surface area contributed by atoms with Gasteiger partial charge in [0.2, 0.25) is 0 Å². The molecule has 1 aliphatic heterocycles. The zero-order chi connectivity index (χ0) is 16.8. The predicted molar refractivity (Wildman–Crippen MR) is 93.7 cm³/mol. The Labute approximate surface area is 144 Å². The van der Waals surface area contributed by atoms with E-state index in [9.17, 15) is 9.59 Å². The van der Waals surface area contributed by atoms with Crippen molar-refractivity contribution in [3.8, 4) is 0 Å². The van der Waals surface area contributed by atoms with E-state index in [2.05, 4.69) is 0 Å². The molecule has 3 heterocycles. The standard InChI is InChI=1S/C18H16ClN3O2/c1-12(23)11-21-6-4-13-10-14(2-3-16(13)21)22-9-8-20-7-5-15(19)17(20)18(22)24/h2-7,10H,8-9,11H2,1H3. The van der Waals surface area contributed by atoms with Crippen molar-refractivity contribution >= 4 is 39.9 Å². The van der Waals surface area contributed by atoms with Crippen LogP contribution in [0.3, 0.4) is 0 Å². The van der Waals surface area contributed by atoms with Crippen molar-refractivity contribution in [1.82, 2.24) is 9.13 Å². The summed E-state index contributed by atoms with van der Waals surface area (Å²) in [6, 6.07) is 9.57. The summed E-state index contributed by atoms with van der Waals surface area (Å²) < 4.78 is 3.81. The Bertz CT molecular complexity index is 970. The summed E-state index contributed by atoms with van der Waals surface area (Å²) in [4.78, 5) is 25.9. The van der Waals surface area contributed by atoms with E-state index in [4.69, 9.17) is 11.6 Å². The van der Waals surface area contributed by atoms with E-state index in [1.54, 1.807) is 17.9 Å². The lowest BCUT2D eigenvalue weighted by molar-refractivity contribution is -0.117. The summed E-state index contributed by atoms with van der Waals surface area (Å²) in [5.74, 6) is 0.0250. The molecule has 0 bridgehead atoms. The molecule has 0 saturated carbocycles. The molecular formula is C18H16ClN3O2. The van der Waals surface area contributed by atoms with Crippen LogP contribution in [0.4, 0.5) is 5.69 Å². The van der Waals surface area contributed by atoms with E-state index in [-0.39, 0.29) is 11.7 Å². The van der Waals surface area contributed by atoms with Crippen LogP contribution < -0.4 is 4.90 Å². The fourth-order valence-corrected chi connectivity index (χ4v) is 3.52. The first-order valence-electron chi connectivity index (χ1n) is 7.79. The lowest BCUT2D eigenvalue weighted by Gasteiger charge is -2.28. The normalized spacial score (nSPS) is 14.2. The van der Waals surface area contributed by atoms with Crippen LogP contribution in [-0.4, -0.2) is 27.4 Å². The maximum absolute atomic E-state index is 12.8. The zero-order valence-corrected chi connectivity index (χ0v) is 14.0. The molecule has 0 spiro atoms. The Balaban J connectivity index is 1.71. The van der Waals surface area contributed by atoms with Crippen molar-refractivity contribution in [2.24, 2.45) is 0 Å². The number of nitrogens with zero attached hydrogens (tertiary/aromatic N) is 3. The van der Waals surface area contributed by atoms with Gasteiger partial charge in [0.1, 0.15) is 11.5 Å². The number of halogens is 1. The lowest BCUT2D eigenvalue weighted by Crippen LogP contribution is -2.40. The van der Waals surface area contributed by atoms with E-state index in [1.807, 2.05) is 45.8 Å². The van der Waals surface area contributed by atoms with Crippen LogP contribution >= 0.6 is 11.6 Å². The number of fused-ring (bicyclic) bond motifs is 2. The first kappa shape index (κ1) is 15.0. The summed E-state index contributed by atoms with van der Waals surface area (Å²) in [6.07, 6.45) is 3.74. The van der Waals surface area contributed by atoms with Crippen LogP contribution in [-0.2, 0) is 17.9 Å². The molecule has 0 radical (unpaired) electrons. The number of carbonyl (C=O) groups excluding carboxylic acids is 2. The molecule has 1 aromatic carbocycles. The van der Waals surface area contributed by atoms with Crippen molar-refractivity contribution in [1.29, 1.82) is 0 Å². The van der Waals surface area contributed by atoms with Gasteiger partial charge >= 0.3 is 0 Å². The van der Waals surface area contributed by atoms with Gasteiger partial charge < -0.3 is 14.0 Å². The van der Waals surface area contributed by atoms with Crippen LogP contribution in [0.2, 0.25) is 5.02 Å². The summed E-state index contributed by atoms with van der Waals surface area (Å²) >= 11 is 6.15. The monoisotopic (exact) mass is 341 g/mol. The van der Waals surface area contributed by atoms with Gasteiger partial charge in [-0.05, 0) is 37.3 Å². The number of hydrogen-bond acceptors (Lipinski definition) is 2. The summed E-state index contributed by atoms with van der Waals surface area (Å²) in [6.45, 7) is 3.26. The number of carbonyl (C=O) groups is 2. The van der Waals surface area contributed by atoms with Crippen LogP contribution in [0.25, 0.3) is 10.9 Å². The number of aromatic nitrogens is 2. The minimum atomic E-state index is -0.0845. The van der Waals surface area contributed by atoms with Crippen LogP contribution in [0.15, 0.2) is 42.7 Å². The molecule has 6 heteroatoms. The largest absolute Gasteiger partial charge is 0.340 e. The van der Waals surface area contributed by atoms with Gasteiger partial charge in [-0.3, -0.25) is 9.59 Å². The highest BCUT2D eigenvalue weighted by molar-refractivity contribution is 6.34. The molecule has 5 nitrogen and oxygen atoms in total. The quantitative estimate of drug-likeness (QED) is 0.733. The van der Waals surface area contributed by atoms with E-state index >= 15 is 0 Å². The van der Waals surface area contributed by atoms with Gasteiger partial charge in [-0.2, -0.15) is 0 Å². The first-order chi connectivity index (χ1) is 11.5. The van der Waals surface area contributed by atoms with Crippen molar-refractivity contribution in [3.63, 3.8) is 0 Å². The molecule has 24 heavy (non-hydrogen) atoms. The Morgan fingerprint density at radius 1 is 1.17 bits per heavy atom. The number of anilines is 1. The Hall–Kier alpha value is -2.53. The molecule has 0 atom stereocenters. The summed E-state index contributed by atoms with van der Waals surface area (Å²) in [7, 11) is 0. The minimum Gasteiger partial charge on any atom is -0.340 e. The molecule has 0 unspecified atom stereocenters. The topological polar surface area (TPSA) is 47.2 Å². The van der Waals surface area contributed by atoms with Gasteiger partial charge in [0.05, 0.1) is 11.6 Å². The van der Waals surface area contributed by atoms with Crippen LogP contribution in [0.1, 0.15) is 17.4 Å². The molecule has 3 aromatic rings. The predicted octanol–water partition coefficient (Wildman–Crippen LogP) is 3.35. The minimum absolute atomic E-state index is 0.0845. The number of amides is 1. The van der Waals surface area contributed by atoms with E-state index in [0.717, 1.165) is 23.1 Å².